The van der Waals surface area contributed by atoms with Crippen molar-refractivity contribution in [3.63, 3.8) is 0 Å². The maximum atomic E-state index is 13.4. The monoisotopic (exact) mass is 406 g/mol. The molecule has 0 bridgehead atoms. The van der Waals surface area contributed by atoms with Gasteiger partial charge in [0.05, 0.1) is 6.07 Å². The Labute approximate surface area is 171 Å². The van der Waals surface area contributed by atoms with Crippen molar-refractivity contribution in [2.75, 3.05) is 6.54 Å². The van der Waals surface area contributed by atoms with Crippen molar-refractivity contribution in [2.45, 2.75) is 66.1 Å². The summed E-state index contributed by atoms with van der Waals surface area (Å²) in [7, 11) is 0. The number of hydrogen-bond donors (Lipinski definition) is 2. The molecule has 0 aromatic rings. The number of rotatable bonds is 6. The third kappa shape index (κ3) is 4.29. The molecule has 29 heavy (non-hydrogen) atoms. The molecule has 1 saturated carbocycles. The molecule has 2 fully saturated rings. The number of nitriles is 1. The Kier molecular flexibility index (Phi) is 6.12. The minimum absolute atomic E-state index is 0.0184. The fraction of sp³-hybridized carbons (Fsp3) is 0.714. The first kappa shape index (κ1) is 22.9. The second-order valence-corrected chi connectivity index (χ2v) is 9.67. The molecule has 160 valence electrons. The van der Waals surface area contributed by atoms with Gasteiger partial charge in [-0.1, -0.05) is 48.1 Å². The van der Waals surface area contributed by atoms with E-state index in [9.17, 15) is 24.0 Å². The summed E-state index contributed by atoms with van der Waals surface area (Å²) in [4.78, 5) is 39.7. The number of amides is 3. The van der Waals surface area contributed by atoms with Crippen molar-refractivity contribution in [1.29, 1.82) is 5.26 Å². The van der Waals surface area contributed by atoms with E-state index in [1.807, 2.05) is 6.07 Å². The number of carbonyl (C=O) groups is 3. The molecular weight excluding hydrogens is 375 g/mol. The van der Waals surface area contributed by atoms with Gasteiger partial charge in [0.1, 0.15) is 18.1 Å². The van der Waals surface area contributed by atoms with E-state index in [4.69, 9.17) is 0 Å². The highest BCUT2D eigenvalue weighted by molar-refractivity contribution is 5.97. The second-order valence-electron chi connectivity index (χ2n) is 9.67. The van der Waals surface area contributed by atoms with Gasteiger partial charge in [-0.05, 0) is 29.1 Å². The van der Waals surface area contributed by atoms with Gasteiger partial charge in [-0.15, -0.1) is 0 Å². The Balaban J connectivity index is 2.30. The summed E-state index contributed by atoms with van der Waals surface area (Å²) in [5.41, 5.74) is -0.787. The predicted molar refractivity (Wildman–Crippen MR) is 106 cm³/mol. The number of piperidine rings is 1. The first-order valence-corrected chi connectivity index (χ1v) is 9.93. The van der Waals surface area contributed by atoms with Gasteiger partial charge in [-0.3, -0.25) is 14.4 Å². The lowest BCUT2D eigenvalue weighted by molar-refractivity contribution is -0.145. The molecule has 1 heterocycles. The van der Waals surface area contributed by atoms with Gasteiger partial charge in [-0.25, -0.2) is 4.39 Å². The summed E-state index contributed by atoms with van der Waals surface area (Å²) in [6, 6.07) is -0.329. The van der Waals surface area contributed by atoms with E-state index in [0.29, 0.717) is 13.0 Å². The van der Waals surface area contributed by atoms with Crippen LogP contribution in [0.3, 0.4) is 0 Å². The fourth-order valence-electron chi connectivity index (χ4n) is 4.32. The van der Waals surface area contributed by atoms with Crippen LogP contribution < -0.4 is 10.6 Å². The molecule has 0 spiro atoms. The van der Waals surface area contributed by atoms with Gasteiger partial charge in [0, 0.05) is 6.54 Å². The lowest BCUT2D eigenvalue weighted by Crippen LogP contribution is -2.59. The molecule has 1 saturated heterocycles. The topological polar surface area (TPSA) is 102 Å². The van der Waals surface area contributed by atoms with E-state index >= 15 is 0 Å². The molecule has 0 aromatic carbocycles. The lowest BCUT2D eigenvalue weighted by atomic mass is 9.85. The number of carbonyl (C=O) groups excluding carboxylic acids is 3. The first-order valence-electron chi connectivity index (χ1n) is 9.93. The van der Waals surface area contributed by atoms with Gasteiger partial charge in [0.2, 0.25) is 11.8 Å². The molecule has 0 aromatic heterocycles. The van der Waals surface area contributed by atoms with Crippen molar-refractivity contribution in [3.8, 4) is 6.07 Å². The van der Waals surface area contributed by atoms with E-state index in [2.05, 4.69) is 31.1 Å². The van der Waals surface area contributed by atoms with Crippen LogP contribution in [0.2, 0.25) is 0 Å². The highest BCUT2D eigenvalue weighted by Crippen LogP contribution is 2.65. The number of likely N-dealkylation sites (tertiary alicyclic amines) is 1. The summed E-state index contributed by atoms with van der Waals surface area (Å²) in [5, 5.41) is 14.3. The van der Waals surface area contributed by atoms with Crippen LogP contribution >= 0.6 is 0 Å². The molecular formula is C21H31FN4O3. The predicted octanol–water partition coefficient (Wildman–Crippen LogP) is 1.90. The molecule has 3 amide bonds. The average molecular weight is 407 g/mol. The summed E-state index contributed by atoms with van der Waals surface area (Å²) >= 11 is 0. The zero-order valence-corrected chi connectivity index (χ0v) is 18.0. The molecule has 1 aliphatic carbocycles. The van der Waals surface area contributed by atoms with Crippen LogP contribution in [-0.2, 0) is 14.4 Å². The fourth-order valence-corrected chi connectivity index (χ4v) is 4.32. The van der Waals surface area contributed by atoms with Gasteiger partial charge in [-0.2, -0.15) is 5.26 Å². The van der Waals surface area contributed by atoms with E-state index in [-0.39, 0.29) is 23.2 Å². The Hall–Kier alpha value is -2.43. The zero-order chi connectivity index (χ0) is 22.3. The molecule has 8 heteroatoms. The normalized spacial score (nSPS) is 26.6. The van der Waals surface area contributed by atoms with Crippen LogP contribution in [0.5, 0.6) is 0 Å². The molecule has 2 aliphatic rings. The van der Waals surface area contributed by atoms with Crippen molar-refractivity contribution in [3.05, 3.63) is 12.4 Å². The maximum Gasteiger partial charge on any atom is 0.280 e. The molecule has 0 unspecified atom stereocenters. The Morgan fingerprint density at radius 1 is 1.31 bits per heavy atom. The van der Waals surface area contributed by atoms with Gasteiger partial charge in [0.15, 0.2) is 5.83 Å². The SMILES string of the molecule is C=C(F)C(=O)N[C@H](C(=O)N1C[C@H]2[C@@H]([C@H]1C(=O)N[C@H](C#N)CC)C2(C)C)C(C)(C)C. The third-order valence-corrected chi connectivity index (χ3v) is 6.28. The summed E-state index contributed by atoms with van der Waals surface area (Å²) < 4.78 is 13.3. The molecule has 2 N–H and O–H groups in total. The standard InChI is InChI=1S/C21H31FN4O3/c1-8-12(9-23)24-18(28)15-14-13(21(14,6)7)10-26(15)19(29)16(20(3,4)5)25-17(27)11(2)22/h12-16H,2,8,10H2,1,3-7H3,(H,24,28)(H,25,27)/t12-,13-,14-,15-,16+/m0/s1. The molecule has 0 radical (unpaired) electrons. The van der Waals surface area contributed by atoms with E-state index in [1.165, 1.54) is 4.90 Å². The molecule has 1 aliphatic heterocycles. The Bertz CT molecular complexity index is 765. The van der Waals surface area contributed by atoms with Crippen LogP contribution in [0, 0.1) is 34.0 Å². The number of nitrogens with one attached hydrogen (secondary N) is 2. The minimum Gasteiger partial charge on any atom is -0.339 e. The number of fused-ring (bicyclic) bond motifs is 1. The van der Waals surface area contributed by atoms with Crippen LogP contribution in [0.4, 0.5) is 4.39 Å². The quantitative estimate of drug-likeness (QED) is 0.658. The van der Waals surface area contributed by atoms with Gasteiger partial charge in [0.25, 0.3) is 5.91 Å². The van der Waals surface area contributed by atoms with Crippen LogP contribution in [0.1, 0.15) is 48.0 Å². The lowest BCUT2D eigenvalue weighted by Gasteiger charge is -2.37. The van der Waals surface area contributed by atoms with Gasteiger partial charge >= 0.3 is 0 Å². The largest absolute Gasteiger partial charge is 0.339 e. The van der Waals surface area contributed by atoms with Gasteiger partial charge < -0.3 is 15.5 Å². The summed E-state index contributed by atoms with van der Waals surface area (Å²) in [6.45, 7) is 14.6. The third-order valence-electron chi connectivity index (χ3n) is 6.28. The van der Waals surface area contributed by atoms with Crippen LogP contribution in [0.15, 0.2) is 12.4 Å². The highest BCUT2D eigenvalue weighted by atomic mass is 19.1. The maximum absolute atomic E-state index is 13.4. The number of nitrogens with zero attached hydrogens (tertiary/aromatic N) is 2. The van der Waals surface area contributed by atoms with Crippen molar-refractivity contribution < 1.29 is 18.8 Å². The highest BCUT2D eigenvalue weighted by Gasteiger charge is 2.69. The summed E-state index contributed by atoms with van der Waals surface area (Å²) in [5.74, 6) is -2.86. The van der Waals surface area contributed by atoms with E-state index in [0.717, 1.165) is 0 Å². The molecule has 5 atom stereocenters. The van der Waals surface area contributed by atoms with Crippen molar-refractivity contribution >= 4 is 17.7 Å². The van der Waals surface area contributed by atoms with Crippen molar-refractivity contribution in [2.24, 2.45) is 22.7 Å². The zero-order valence-electron chi connectivity index (χ0n) is 18.0. The minimum atomic E-state index is -1.17. The molecule has 7 nitrogen and oxygen atoms in total. The first-order chi connectivity index (χ1) is 13.3. The van der Waals surface area contributed by atoms with Crippen LogP contribution in [0.25, 0.3) is 0 Å². The molecule has 2 rings (SSSR count). The van der Waals surface area contributed by atoms with E-state index < -0.39 is 41.2 Å². The number of halogens is 1. The van der Waals surface area contributed by atoms with Crippen molar-refractivity contribution in [1.82, 2.24) is 15.5 Å². The van der Waals surface area contributed by atoms with E-state index in [1.54, 1.807) is 27.7 Å². The summed E-state index contributed by atoms with van der Waals surface area (Å²) in [6.07, 6.45) is 0.458. The number of hydrogen-bond acceptors (Lipinski definition) is 4. The average Bonchev–Trinajstić information content (AvgIpc) is 2.96. The second kappa shape index (κ2) is 7.77. The smallest absolute Gasteiger partial charge is 0.280 e. The Morgan fingerprint density at radius 3 is 2.34 bits per heavy atom. The van der Waals surface area contributed by atoms with Crippen LogP contribution in [-0.4, -0.2) is 47.3 Å². The Morgan fingerprint density at radius 2 is 1.90 bits per heavy atom.